The molecule has 2 atom stereocenters. The second-order valence-electron chi connectivity index (χ2n) is 5.57. The first kappa shape index (κ1) is 14.5. The molecule has 2 aliphatic rings. The van der Waals surface area contributed by atoms with Crippen LogP contribution in [0.4, 0.5) is 0 Å². The molecule has 5 nitrogen and oxygen atoms in total. The van der Waals surface area contributed by atoms with Crippen LogP contribution in [0.3, 0.4) is 0 Å². The van der Waals surface area contributed by atoms with E-state index in [2.05, 4.69) is 0 Å². The minimum absolute atomic E-state index is 0.0791. The molecule has 2 aliphatic heterocycles. The van der Waals surface area contributed by atoms with E-state index in [1.54, 1.807) is 17.0 Å². The van der Waals surface area contributed by atoms with Gasteiger partial charge < -0.3 is 19.5 Å². The maximum absolute atomic E-state index is 12.6. The number of amides is 1. The first-order valence-electron chi connectivity index (χ1n) is 7.12. The van der Waals surface area contributed by atoms with Crippen LogP contribution < -0.4 is 9.47 Å². The van der Waals surface area contributed by atoms with Crippen molar-refractivity contribution in [2.75, 3.05) is 26.3 Å². The number of benzene rings is 1. The summed E-state index contributed by atoms with van der Waals surface area (Å²) in [5.74, 6) is 1.01. The monoisotopic (exact) mass is 311 g/mol. The largest absolute Gasteiger partial charge is 0.486 e. The lowest BCUT2D eigenvalue weighted by molar-refractivity contribution is 0.0297. The van der Waals surface area contributed by atoms with E-state index in [-0.39, 0.29) is 17.9 Å². The molecule has 21 heavy (non-hydrogen) atoms. The predicted molar refractivity (Wildman–Crippen MR) is 78.1 cm³/mol. The van der Waals surface area contributed by atoms with Gasteiger partial charge in [0.2, 0.25) is 0 Å². The SMILES string of the molecule is CC1CN(C(=O)c2cc(Cl)c3c(c2)OCCO3)CCC1O. The van der Waals surface area contributed by atoms with Crippen LogP contribution in [0.2, 0.25) is 5.02 Å². The summed E-state index contributed by atoms with van der Waals surface area (Å²) in [6.07, 6.45) is 0.267. The van der Waals surface area contributed by atoms with Crippen LogP contribution in [0.1, 0.15) is 23.7 Å². The number of nitrogens with zero attached hydrogens (tertiary/aromatic N) is 1. The summed E-state index contributed by atoms with van der Waals surface area (Å²) in [5.41, 5.74) is 0.493. The lowest BCUT2D eigenvalue weighted by Crippen LogP contribution is -2.45. The van der Waals surface area contributed by atoms with Gasteiger partial charge in [0.05, 0.1) is 11.1 Å². The highest BCUT2D eigenvalue weighted by atomic mass is 35.5. The van der Waals surface area contributed by atoms with Crippen molar-refractivity contribution in [1.82, 2.24) is 4.90 Å². The number of hydrogen-bond donors (Lipinski definition) is 1. The number of ether oxygens (including phenoxy) is 2. The Balaban J connectivity index is 1.83. The first-order chi connectivity index (χ1) is 10.1. The van der Waals surface area contributed by atoms with E-state index in [0.29, 0.717) is 54.8 Å². The number of rotatable bonds is 1. The molecule has 1 aromatic rings. The predicted octanol–water partition coefficient (Wildman–Crippen LogP) is 1.95. The Hall–Kier alpha value is -1.46. The van der Waals surface area contributed by atoms with Crippen LogP contribution in [0.25, 0.3) is 0 Å². The third-order valence-corrected chi connectivity index (χ3v) is 4.27. The molecule has 3 rings (SSSR count). The van der Waals surface area contributed by atoms with Crippen molar-refractivity contribution >= 4 is 17.5 Å². The molecule has 1 saturated heterocycles. The molecule has 0 spiro atoms. The molecule has 2 unspecified atom stereocenters. The number of hydrogen-bond acceptors (Lipinski definition) is 4. The summed E-state index contributed by atoms with van der Waals surface area (Å²) in [4.78, 5) is 14.3. The summed E-state index contributed by atoms with van der Waals surface area (Å²) in [6, 6.07) is 3.30. The van der Waals surface area contributed by atoms with E-state index in [1.165, 1.54) is 0 Å². The second kappa shape index (κ2) is 5.73. The standard InChI is InChI=1S/C15H18ClNO4/c1-9-8-17(3-2-12(9)18)15(19)10-6-11(16)14-13(7-10)20-4-5-21-14/h6-7,9,12,18H,2-5,8H2,1H3. The van der Waals surface area contributed by atoms with E-state index in [1.807, 2.05) is 6.92 Å². The maximum Gasteiger partial charge on any atom is 0.254 e. The molecule has 0 radical (unpaired) electrons. The Kier molecular flexibility index (Phi) is 3.95. The van der Waals surface area contributed by atoms with Gasteiger partial charge in [-0.15, -0.1) is 0 Å². The molecule has 1 N–H and O–H groups in total. The quantitative estimate of drug-likeness (QED) is 0.861. The van der Waals surface area contributed by atoms with Crippen LogP contribution in [0.5, 0.6) is 11.5 Å². The van der Waals surface area contributed by atoms with E-state index in [4.69, 9.17) is 21.1 Å². The highest BCUT2D eigenvalue weighted by Gasteiger charge is 2.29. The molecular formula is C15H18ClNO4. The van der Waals surface area contributed by atoms with Crippen LogP contribution in [0, 0.1) is 5.92 Å². The summed E-state index contributed by atoms with van der Waals surface area (Å²) in [7, 11) is 0. The van der Waals surface area contributed by atoms with Gasteiger partial charge in [-0.05, 0) is 24.5 Å². The first-order valence-corrected chi connectivity index (χ1v) is 7.50. The van der Waals surface area contributed by atoms with E-state index < -0.39 is 0 Å². The number of halogens is 1. The topological polar surface area (TPSA) is 59.0 Å². The lowest BCUT2D eigenvalue weighted by atomic mass is 9.96. The fourth-order valence-electron chi connectivity index (χ4n) is 2.73. The third-order valence-electron chi connectivity index (χ3n) is 3.99. The summed E-state index contributed by atoms with van der Waals surface area (Å²) >= 11 is 6.17. The third kappa shape index (κ3) is 2.80. The number of likely N-dealkylation sites (tertiary alicyclic amines) is 1. The van der Waals surface area contributed by atoms with Crippen molar-refractivity contribution in [2.45, 2.75) is 19.4 Å². The van der Waals surface area contributed by atoms with Crippen LogP contribution in [-0.2, 0) is 0 Å². The summed E-state index contributed by atoms with van der Waals surface area (Å²) in [5, 5.41) is 10.1. The van der Waals surface area contributed by atoms with Gasteiger partial charge in [0.25, 0.3) is 5.91 Å². The smallest absolute Gasteiger partial charge is 0.254 e. The Bertz CT molecular complexity index is 563. The van der Waals surface area contributed by atoms with Gasteiger partial charge in [-0.2, -0.15) is 0 Å². The zero-order valence-corrected chi connectivity index (χ0v) is 12.6. The van der Waals surface area contributed by atoms with Crippen molar-refractivity contribution in [3.63, 3.8) is 0 Å². The van der Waals surface area contributed by atoms with Gasteiger partial charge in [-0.1, -0.05) is 18.5 Å². The second-order valence-corrected chi connectivity index (χ2v) is 5.97. The molecule has 114 valence electrons. The van der Waals surface area contributed by atoms with E-state index in [0.717, 1.165) is 0 Å². The number of fused-ring (bicyclic) bond motifs is 1. The zero-order chi connectivity index (χ0) is 15.0. The van der Waals surface area contributed by atoms with Gasteiger partial charge in [-0.25, -0.2) is 0 Å². The van der Waals surface area contributed by atoms with E-state index in [9.17, 15) is 9.90 Å². The van der Waals surface area contributed by atoms with Gasteiger partial charge >= 0.3 is 0 Å². The molecule has 0 aliphatic carbocycles. The highest BCUT2D eigenvalue weighted by Crippen LogP contribution is 2.38. The average molecular weight is 312 g/mol. The van der Waals surface area contributed by atoms with Gasteiger partial charge in [0, 0.05) is 18.7 Å². The molecule has 1 amide bonds. The van der Waals surface area contributed by atoms with Crippen molar-refractivity contribution in [3.8, 4) is 11.5 Å². The lowest BCUT2D eigenvalue weighted by Gasteiger charge is -2.34. The number of piperidine rings is 1. The number of aliphatic hydroxyl groups is 1. The summed E-state index contributed by atoms with van der Waals surface area (Å²) in [6.45, 7) is 3.96. The zero-order valence-electron chi connectivity index (χ0n) is 11.8. The van der Waals surface area contributed by atoms with Crippen LogP contribution in [-0.4, -0.2) is 48.3 Å². The highest BCUT2D eigenvalue weighted by molar-refractivity contribution is 6.32. The normalized spacial score (nSPS) is 24.8. The fourth-order valence-corrected chi connectivity index (χ4v) is 3.00. The molecule has 2 heterocycles. The van der Waals surface area contributed by atoms with Gasteiger partial charge in [-0.3, -0.25) is 4.79 Å². The number of aliphatic hydroxyl groups excluding tert-OH is 1. The molecule has 1 fully saturated rings. The van der Waals surface area contributed by atoms with Crippen molar-refractivity contribution < 1.29 is 19.4 Å². The Morgan fingerprint density at radius 3 is 2.90 bits per heavy atom. The molecule has 0 saturated carbocycles. The van der Waals surface area contributed by atoms with Crippen molar-refractivity contribution in [3.05, 3.63) is 22.7 Å². The molecule has 6 heteroatoms. The number of carbonyl (C=O) groups is 1. The minimum Gasteiger partial charge on any atom is -0.486 e. The summed E-state index contributed by atoms with van der Waals surface area (Å²) < 4.78 is 11.0. The van der Waals surface area contributed by atoms with E-state index >= 15 is 0 Å². The maximum atomic E-state index is 12.6. The van der Waals surface area contributed by atoms with Crippen LogP contribution >= 0.6 is 11.6 Å². The Morgan fingerprint density at radius 1 is 1.38 bits per heavy atom. The minimum atomic E-state index is -0.335. The van der Waals surface area contributed by atoms with Gasteiger partial charge in [0.15, 0.2) is 11.5 Å². The van der Waals surface area contributed by atoms with Gasteiger partial charge in [0.1, 0.15) is 13.2 Å². The van der Waals surface area contributed by atoms with Crippen molar-refractivity contribution in [2.24, 2.45) is 5.92 Å². The van der Waals surface area contributed by atoms with Crippen LogP contribution in [0.15, 0.2) is 12.1 Å². The molecule has 0 bridgehead atoms. The fraction of sp³-hybridized carbons (Fsp3) is 0.533. The number of carbonyl (C=O) groups excluding carboxylic acids is 1. The molecule has 0 aromatic heterocycles. The van der Waals surface area contributed by atoms with Crippen molar-refractivity contribution in [1.29, 1.82) is 0 Å². The Morgan fingerprint density at radius 2 is 2.14 bits per heavy atom. The Labute approximate surface area is 128 Å². The molecular weight excluding hydrogens is 294 g/mol. The molecule has 1 aromatic carbocycles. The average Bonchev–Trinajstić information content (AvgIpc) is 2.49.